The molecular formula is C16H20N2O4. The van der Waals surface area contributed by atoms with Crippen LogP contribution in [0.5, 0.6) is 0 Å². The zero-order chi connectivity index (χ0) is 15.7. The number of hydrogen-bond donors (Lipinski definition) is 0. The maximum Gasteiger partial charge on any atom is 0.338 e. The van der Waals surface area contributed by atoms with E-state index in [2.05, 4.69) is 0 Å². The molecule has 1 aliphatic heterocycles. The van der Waals surface area contributed by atoms with Crippen LogP contribution in [0, 0.1) is 16.0 Å². The summed E-state index contributed by atoms with van der Waals surface area (Å²) in [6, 6.07) is 4.64. The summed E-state index contributed by atoms with van der Waals surface area (Å²) in [7, 11) is 0. The van der Waals surface area contributed by atoms with Gasteiger partial charge in [0.05, 0.1) is 10.5 Å². The van der Waals surface area contributed by atoms with Gasteiger partial charge < -0.3 is 9.64 Å². The highest BCUT2D eigenvalue weighted by Crippen LogP contribution is 2.35. The quantitative estimate of drug-likeness (QED) is 0.474. The molecule has 1 saturated heterocycles. The number of nitrogens with zero attached hydrogens (tertiary/aromatic N) is 2. The Morgan fingerprint density at radius 3 is 2.64 bits per heavy atom. The SMILES string of the molecule is C[C@@H](OC(=O)c1ccc(N2CCCC2)c([N+](=O)[O-])c1)C1CC1. The molecule has 1 aromatic carbocycles. The molecular weight excluding hydrogens is 284 g/mol. The second-order valence-electron chi connectivity index (χ2n) is 6.10. The lowest BCUT2D eigenvalue weighted by Crippen LogP contribution is -2.20. The predicted molar refractivity (Wildman–Crippen MR) is 82.1 cm³/mol. The maximum atomic E-state index is 12.1. The molecule has 118 valence electrons. The van der Waals surface area contributed by atoms with Gasteiger partial charge >= 0.3 is 5.97 Å². The zero-order valence-electron chi connectivity index (χ0n) is 12.7. The number of nitro groups is 1. The normalized spacial score (nSPS) is 19.0. The Morgan fingerprint density at radius 1 is 1.36 bits per heavy atom. The Hall–Kier alpha value is -2.11. The van der Waals surface area contributed by atoms with Gasteiger partial charge in [-0.1, -0.05) is 0 Å². The second-order valence-corrected chi connectivity index (χ2v) is 6.10. The second kappa shape index (κ2) is 5.94. The molecule has 0 spiro atoms. The van der Waals surface area contributed by atoms with Crippen molar-refractivity contribution in [3.63, 3.8) is 0 Å². The molecule has 2 aliphatic rings. The molecule has 0 aromatic heterocycles. The Bertz CT molecular complexity index is 592. The molecule has 0 bridgehead atoms. The summed E-state index contributed by atoms with van der Waals surface area (Å²) < 4.78 is 5.39. The van der Waals surface area contributed by atoms with E-state index >= 15 is 0 Å². The van der Waals surface area contributed by atoms with Gasteiger partial charge in [0.2, 0.25) is 0 Å². The van der Waals surface area contributed by atoms with E-state index in [0.717, 1.165) is 38.8 Å². The van der Waals surface area contributed by atoms with E-state index in [9.17, 15) is 14.9 Å². The third-order valence-electron chi connectivity index (χ3n) is 4.43. The average molecular weight is 304 g/mol. The highest BCUT2D eigenvalue weighted by atomic mass is 16.6. The van der Waals surface area contributed by atoms with Gasteiger partial charge in [0, 0.05) is 19.2 Å². The number of benzene rings is 1. The summed E-state index contributed by atoms with van der Waals surface area (Å²) in [5.41, 5.74) is 0.826. The van der Waals surface area contributed by atoms with Gasteiger partial charge in [-0.15, -0.1) is 0 Å². The lowest BCUT2D eigenvalue weighted by molar-refractivity contribution is -0.384. The van der Waals surface area contributed by atoms with Gasteiger partial charge in [0.15, 0.2) is 0 Å². The first kappa shape index (κ1) is 14.8. The Balaban J connectivity index is 1.81. The van der Waals surface area contributed by atoms with Crippen LogP contribution in [0.15, 0.2) is 18.2 Å². The van der Waals surface area contributed by atoms with E-state index in [1.54, 1.807) is 12.1 Å². The average Bonchev–Trinajstić information content (AvgIpc) is 3.22. The first-order valence-electron chi connectivity index (χ1n) is 7.80. The molecule has 1 aromatic rings. The van der Waals surface area contributed by atoms with E-state index < -0.39 is 10.9 Å². The van der Waals surface area contributed by atoms with Crippen molar-refractivity contribution in [2.45, 2.75) is 38.7 Å². The minimum atomic E-state index is -0.476. The molecule has 1 aliphatic carbocycles. The largest absolute Gasteiger partial charge is 0.459 e. The van der Waals surface area contributed by atoms with Gasteiger partial charge in [-0.25, -0.2) is 4.79 Å². The van der Waals surface area contributed by atoms with Gasteiger partial charge in [-0.2, -0.15) is 0 Å². The lowest BCUT2D eigenvalue weighted by atomic mass is 10.1. The minimum absolute atomic E-state index is 0.0181. The van der Waals surface area contributed by atoms with Crippen molar-refractivity contribution < 1.29 is 14.5 Å². The highest BCUT2D eigenvalue weighted by Gasteiger charge is 2.31. The molecule has 1 saturated carbocycles. The summed E-state index contributed by atoms with van der Waals surface area (Å²) in [6.45, 7) is 3.52. The van der Waals surface area contributed by atoms with Crippen molar-refractivity contribution in [3.05, 3.63) is 33.9 Å². The van der Waals surface area contributed by atoms with Gasteiger partial charge in [0.25, 0.3) is 5.69 Å². The lowest BCUT2D eigenvalue weighted by Gasteiger charge is -2.18. The van der Waals surface area contributed by atoms with Crippen molar-refractivity contribution in [2.75, 3.05) is 18.0 Å². The Morgan fingerprint density at radius 2 is 2.05 bits per heavy atom. The van der Waals surface area contributed by atoms with Gasteiger partial charge in [-0.05, 0) is 50.7 Å². The van der Waals surface area contributed by atoms with E-state index in [-0.39, 0.29) is 17.4 Å². The summed E-state index contributed by atoms with van der Waals surface area (Å²) in [5, 5.41) is 11.3. The van der Waals surface area contributed by atoms with Crippen molar-refractivity contribution >= 4 is 17.3 Å². The van der Waals surface area contributed by atoms with E-state index in [4.69, 9.17) is 4.74 Å². The Labute approximate surface area is 129 Å². The molecule has 22 heavy (non-hydrogen) atoms. The van der Waals surface area contributed by atoms with Crippen LogP contribution in [0.25, 0.3) is 0 Å². The third kappa shape index (κ3) is 3.05. The molecule has 6 heteroatoms. The smallest absolute Gasteiger partial charge is 0.338 e. The molecule has 1 atom stereocenters. The molecule has 2 fully saturated rings. The molecule has 0 unspecified atom stereocenters. The molecule has 0 amide bonds. The van der Waals surface area contributed by atoms with Crippen LogP contribution >= 0.6 is 0 Å². The molecule has 1 heterocycles. The highest BCUT2D eigenvalue weighted by molar-refractivity contribution is 5.91. The fraction of sp³-hybridized carbons (Fsp3) is 0.562. The van der Waals surface area contributed by atoms with Crippen molar-refractivity contribution in [2.24, 2.45) is 5.92 Å². The van der Waals surface area contributed by atoms with Crippen LogP contribution in [0.2, 0.25) is 0 Å². The fourth-order valence-corrected chi connectivity index (χ4v) is 2.92. The van der Waals surface area contributed by atoms with Crippen LogP contribution in [0.4, 0.5) is 11.4 Å². The van der Waals surface area contributed by atoms with Gasteiger partial charge in [0.1, 0.15) is 11.8 Å². The van der Waals surface area contributed by atoms with Crippen molar-refractivity contribution in [1.29, 1.82) is 0 Å². The third-order valence-corrected chi connectivity index (χ3v) is 4.43. The number of carbonyl (C=O) groups excluding carboxylic acids is 1. The number of rotatable bonds is 5. The van der Waals surface area contributed by atoms with E-state index in [0.29, 0.717) is 11.6 Å². The zero-order valence-corrected chi connectivity index (χ0v) is 12.7. The van der Waals surface area contributed by atoms with Crippen LogP contribution in [0.1, 0.15) is 43.0 Å². The van der Waals surface area contributed by atoms with E-state index in [1.807, 2.05) is 11.8 Å². The van der Waals surface area contributed by atoms with Crippen LogP contribution in [-0.4, -0.2) is 30.1 Å². The summed E-state index contributed by atoms with van der Waals surface area (Å²) in [5.74, 6) is -0.0294. The minimum Gasteiger partial charge on any atom is -0.459 e. The summed E-state index contributed by atoms with van der Waals surface area (Å²) in [4.78, 5) is 25.0. The van der Waals surface area contributed by atoms with Crippen molar-refractivity contribution in [3.8, 4) is 0 Å². The maximum absolute atomic E-state index is 12.1. The van der Waals surface area contributed by atoms with E-state index in [1.165, 1.54) is 6.07 Å². The number of carbonyl (C=O) groups is 1. The molecule has 0 radical (unpaired) electrons. The van der Waals surface area contributed by atoms with Crippen LogP contribution in [0.3, 0.4) is 0 Å². The molecule has 6 nitrogen and oxygen atoms in total. The standard InChI is InChI=1S/C16H20N2O4/c1-11(12-4-5-12)22-16(19)13-6-7-14(15(10-13)18(20)21)17-8-2-3-9-17/h6-7,10-12H,2-5,8-9H2,1H3/t11-/m1/s1. The molecule has 3 rings (SSSR count). The van der Waals surface area contributed by atoms with Crippen LogP contribution in [-0.2, 0) is 4.74 Å². The predicted octanol–water partition coefficient (Wildman–Crippen LogP) is 3.15. The fourth-order valence-electron chi connectivity index (χ4n) is 2.92. The summed E-state index contributed by atoms with van der Waals surface area (Å²) >= 11 is 0. The Kier molecular flexibility index (Phi) is 4.00. The first-order valence-corrected chi connectivity index (χ1v) is 7.80. The summed E-state index contributed by atoms with van der Waals surface area (Å²) in [6.07, 6.45) is 4.13. The monoisotopic (exact) mass is 304 g/mol. The first-order chi connectivity index (χ1) is 10.6. The number of esters is 1. The number of anilines is 1. The van der Waals surface area contributed by atoms with Crippen LogP contribution < -0.4 is 4.90 Å². The number of hydrogen-bond acceptors (Lipinski definition) is 5. The topological polar surface area (TPSA) is 72.7 Å². The van der Waals surface area contributed by atoms with Crippen molar-refractivity contribution in [1.82, 2.24) is 0 Å². The molecule has 0 N–H and O–H groups in total. The van der Waals surface area contributed by atoms with Gasteiger partial charge in [-0.3, -0.25) is 10.1 Å². The number of ether oxygens (including phenoxy) is 1. The number of nitro benzene ring substituents is 1.